The second-order valence-corrected chi connectivity index (χ2v) is 8.58. The van der Waals surface area contributed by atoms with Crippen LogP contribution in [0.3, 0.4) is 0 Å². The Kier molecular flexibility index (Phi) is 5.94. The van der Waals surface area contributed by atoms with Crippen LogP contribution in [0.5, 0.6) is 11.5 Å². The number of nitrogens with zero attached hydrogens (tertiary/aromatic N) is 3. The number of aromatic nitrogens is 2. The molecule has 1 aliphatic heterocycles. The summed E-state index contributed by atoms with van der Waals surface area (Å²) in [5.41, 5.74) is 1.97. The first kappa shape index (κ1) is 20.1. The van der Waals surface area contributed by atoms with E-state index in [1.54, 1.807) is 0 Å². The van der Waals surface area contributed by atoms with Gasteiger partial charge in [0, 0.05) is 13.0 Å². The number of hydrogen-bond acceptors (Lipinski definition) is 5. The minimum Gasteiger partial charge on any atom is -0.487 e. The highest BCUT2D eigenvalue weighted by Crippen LogP contribution is 2.35. The molecule has 1 saturated heterocycles. The maximum Gasteiger partial charge on any atom is 0.161 e. The second-order valence-electron chi connectivity index (χ2n) is 8.22. The number of para-hydroxylation sites is 2. The van der Waals surface area contributed by atoms with Gasteiger partial charge >= 0.3 is 0 Å². The van der Waals surface area contributed by atoms with Crippen molar-refractivity contribution in [1.29, 1.82) is 0 Å². The van der Waals surface area contributed by atoms with Crippen molar-refractivity contribution in [2.75, 3.05) is 18.0 Å². The van der Waals surface area contributed by atoms with Crippen LogP contribution in [-0.2, 0) is 6.42 Å². The number of rotatable bonds is 7. The lowest BCUT2D eigenvalue weighted by Gasteiger charge is -2.33. The quantitative estimate of drug-likeness (QED) is 0.503. The molecule has 5 nitrogen and oxygen atoms in total. The molecule has 0 radical (unpaired) electrons. The van der Waals surface area contributed by atoms with E-state index in [1.807, 2.05) is 48.7 Å². The fraction of sp³-hybridized carbons (Fsp3) is 0.360. The summed E-state index contributed by atoms with van der Waals surface area (Å²) in [7, 11) is 0. The SMILES string of the molecule is Clc1nc(N2CCC[C@@H](Oc3ccccc3OC3CC3)C2)cnc1Cc1ccccc1. The van der Waals surface area contributed by atoms with Crippen molar-refractivity contribution in [3.8, 4) is 11.5 Å². The van der Waals surface area contributed by atoms with E-state index in [0.29, 0.717) is 17.7 Å². The molecular formula is C25H26ClN3O2. The number of piperidine rings is 1. The van der Waals surface area contributed by atoms with E-state index in [4.69, 9.17) is 21.1 Å². The fourth-order valence-corrected chi connectivity index (χ4v) is 4.08. The van der Waals surface area contributed by atoms with Crippen LogP contribution >= 0.6 is 11.6 Å². The Morgan fingerprint density at radius 3 is 2.32 bits per heavy atom. The summed E-state index contributed by atoms with van der Waals surface area (Å²) in [4.78, 5) is 11.5. The largest absolute Gasteiger partial charge is 0.487 e. The Labute approximate surface area is 188 Å². The first-order chi connectivity index (χ1) is 15.2. The molecule has 1 saturated carbocycles. The van der Waals surface area contributed by atoms with Gasteiger partial charge in [-0.25, -0.2) is 4.98 Å². The number of anilines is 1. The number of ether oxygens (including phenoxy) is 2. The van der Waals surface area contributed by atoms with Crippen molar-refractivity contribution >= 4 is 17.4 Å². The first-order valence-electron chi connectivity index (χ1n) is 11.0. The molecular weight excluding hydrogens is 410 g/mol. The van der Waals surface area contributed by atoms with Crippen LogP contribution in [0.4, 0.5) is 5.82 Å². The van der Waals surface area contributed by atoms with Crippen LogP contribution in [0.15, 0.2) is 60.8 Å². The molecule has 3 aromatic rings. The van der Waals surface area contributed by atoms with Crippen molar-refractivity contribution in [1.82, 2.24) is 9.97 Å². The lowest BCUT2D eigenvalue weighted by atomic mass is 10.1. The predicted octanol–water partition coefficient (Wildman–Crippen LogP) is 5.31. The molecule has 0 bridgehead atoms. The predicted molar refractivity (Wildman–Crippen MR) is 122 cm³/mol. The van der Waals surface area contributed by atoms with E-state index in [0.717, 1.165) is 61.8 Å². The second kappa shape index (κ2) is 9.15. The van der Waals surface area contributed by atoms with E-state index >= 15 is 0 Å². The van der Waals surface area contributed by atoms with Crippen LogP contribution < -0.4 is 14.4 Å². The summed E-state index contributed by atoms with van der Waals surface area (Å²) in [6.07, 6.45) is 7.22. The van der Waals surface area contributed by atoms with Crippen molar-refractivity contribution in [3.63, 3.8) is 0 Å². The molecule has 2 fully saturated rings. The minimum atomic E-state index is 0.0715. The molecule has 6 heteroatoms. The van der Waals surface area contributed by atoms with Crippen LogP contribution in [0.1, 0.15) is 36.9 Å². The summed E-state index contributed by atoms with van der Waals surface area (Å²) < 4.78 is 12.4. The van der Waals surface area contributed by atoms with Gasteiger partial charge in [0.05, 0.1) is 24.5 Å². The Hall–Kier alpha value is -2.79. The van der Waals surface area contributed by atoms with Crippen LogP contribution in [0.2, 0.25) is 5.15 Å². The van der Waals surface area contributed by atoms with Gasteiger partial charge in [-0.05, 0) is 43.4 Å². The van der Waals surface area contributed by atoms with Gasteiger partial charge in [-0.1, -0.05) is 54.1 Å². The average Bonchev–Trinajstić information content (AvgIpc) is 3.62. The van der Waals surface area contributed by atoms with E-state index in [1.165, 1.54) is 5.56 Å². The van der Waals surface area contributed by atoms with Gasteiger partial charge in [0.15, 0.2) is 16.7 Å². The molecule has 2 aliphatic rings. The monoisotopic (exact) mass is 435 g/mol. The third kappa shape index (κ3) is 5.10. The lowest BCUT2D eigenvalue weighted by Crippen LogP contribution is -2.41. The maximum absolute atomic E-state index is 6.49. The number of halogens is 1. The summed E-state index contributed by atoms with van der Waals surface area (Å²) in [5.74, 6) is 2.47. The molecule has 1 atom stereocenters. The third-order valence-electron chi connectivity index (χ3n) is 5.66. The summed E-state index contributed by atoms with van der Waals surface area (Å²) >= 11 is 6.49. The molecule has 1 aromatic heterocycles. The molecule has 0 spiro atoms. The Bertz CT molecular complexity index is 1030. The topological polar surface area (TPSA) is 47.5 Å². The van der Waals surface area contributed by atoms with Crippen molar-refractivity contribution < 1.29 is 9.47 Å². The molecule has 160 valence electrons. The summed E-state index contributed by atoms with van der Waals surface area (Å²) in [6, 6.07) is 18.2. The lowest BCUT2D eigenvalue weighted by molar-refractivity contribution is 0.167. The standard InChI is InChI=1S/C25H26ClN3O2/c26-25-21(15-18-7-2-1-3-8-18)27-16-24(28-25)29-14-6-9-20(17-29)31-23-11-5-4-10-22(23)30-19-12-13-19/h1-5,7-8,10-11,16,19-20H,6,9,12-15,17H2/t20-/m1/s1. The van der Waals surface area contributed by atoms with Gasteiger partial charge in [0.1, 0.15) is 11.9 Å². The molecule has 2 heterocycles. The normalized spacial score (nSPS) is 18.6. The highest BCUT2D eigenvalue weighted by Gasteiger charge is 2.27. The van der Waals surface area contributed by atoms with Crippen molar-refractivity contribution in [2.45, 2.75) is 44.3 Å². The van der Waals surface area contributed by atoms with Crippen LogP contribution in [-0.4, -0.2) is 35.3 Å². The summed E-state index contributed by atoms with van der Waals surface area (Å²) in [6.45, 7) is 1.67. The fourth-order valence-electron chi connectivity index (χ4n) is 3.88. The zero-order chi connectivity index (χ0) is 21.0. The maximum atomic E-state index is 6.49. The van der Waals surface area contributed by atoms with Gasteiger partial charge in [-0.15, -0.1) is 0 Å². The van der Waals surface area contributed by atoms with E-state index in [9.17, 15) is 0 Å². The van der Waals surface area contributed by atoms with Crippen LogP contribution in [0.25, 0.3) is 0 Å². The Balaban J connectivity index is 1.26. The molecule has 0 amide bonds. The molecule has 2 aromatic carbocycles. The van der Waals surface area contributed by atoms with Crippen molar-refractivity contribution in [3.05, 3.63) is 77.2 Å². The van der Waals surface area contributed by atoms with Gasteiger partial charge in [-0.2, -0.15) is 0 Å². The molecule has 0 N–H and O–H groups in total. The van der Waals surface area contributed by atoms with E-state index in [-0.39, 0.29) is 6.10 Å². The van der Waals surface area contributed by atoms with Gasteiger partial charge < -0.3 is 14.4 Å². The summed E-state index contributed by atoms with van der Waals surface area (Å²) in [5, 5.41) is 0.465. The molecule has 1 aliphatic carbocycles. The number of benzene rings is 2. The first-order valence-corrected chi connectivity index (χ1v) is 11.3. The Morgan fingerprint density at radius 2 is 1.61 bits per heavy atom. The number of hydrogen-bond donors (Lipinski definition) is 0. The van der Waals surface area contributed by atoms with E-state index in [2.05, 4.69) is 27.0 Å². The van der Waals surface area contributed by atoms with Crippen LogP contribution in [0, 0.1) is 0 Å². The van der Waals surface area contributed by atoms with E-state index < -0.39 is 0 Å². The van der Waals surface area contributed by atoms with Gasteiger partial charge in [0.2, 0.25) is 0 Å². The minimum absolute atomic E-state index is 0.0715. The molecule has 5 rings (SSSR count). The highest BCUT2D eigenvalue weighted by molar-refractivity contribution is 6.30. The molecule has 0 unspecified atom stereocenters. The third-order valence-corrected chi connectivity index (χ3v) is 5.97. The average molecular weight is 436 g/mol. The zero-order valence-corrected chi connectivity index (χ0v) is 18.2. The highest BCUT2D eigenvalue weighted by atomic mass is 35.5. The zero-order valence-electron chi connectivity index (χ0n) is 17.4. The Morgan fingerprint density at radius 1 is 0.903 bits per heavy atom. The van der Waals surface area contributed by atoms with Gasteiger partial charge in [-0.3, -0.25) is 4.98 Å². The van der Waals surface area contributed by atoms with Crippen molar-refractivity contribution in [2.24, 2.45) is 0 Å². The smallest absolute Gasteiger partial charge is 0.161 e. The van der Waals surface area contributed by atoms with Gasteiger partial charge in [0.25, 0.3) is 0 Å². The molecule has 31 heavy (non-hydrogen) atoms.